The van der Waals surface area contributed by atoms with Crippen molar-refractivity contribution in [2.45, 2.75) is 76.9 Å². The maximum atomic E-state index is 11.9. The van der Waals surface area contributed by atoms with E-state index in [1.165, 1.54) is 0 Å². The number of carbonyl (C=O) groups excluding carboxylic acids is 1. The van der Waals surface area contributed by atoms with E-state index in [0.717, 1.165) is 25.7 Å². The molecule has 0 heterocycles. The second kappa shape index (κ2) is 5.30. The number of aliphatic hydroxyl groups is 2. The Morgan fingerprint density at radius 1 is 1.35 bits per heavy atom. The molecule has 116 valence electrons. The Morgan fingerprint density at radius 2 is 2.05 bits per heavy atom. The first-order valence-corrected chi connectivity index (χ1v) is 7.83. The molecule has 4 heteroatoms. The van der Waals surface area contributed by atoms with E-state index in [1.54, 1.807) is 0 Å². The second-order valence-corrected chi connectivity index (χ2v) is 7.42. The maximum Gasteiger partial charge on any atom is 0.311 e. The van der Waals surface area contributed by atoms with Gasteiger partial charge in [-0.15, -0.1) is 0 Å². The van der Waals surface area contributed by atoms with E-state index < -0.39 is 16.6 Å². The van der Waals surface area contributed by atoms with Crippen LogP contribution in [0.1, 0.15) is 65.7 Å². The molecule has 2 aliphatic carbocycles. The fraction of sp³-hybridized carbons (Fsp3) is 0.938. The summed E-state index contributed by atoms with van der Waals surface area (Å²) in [5.74, 6) is -0.126. The van der Waals surface area contributed by atoms with Crippen molar-refractivity contribution in [1.29, 1.82) is 0 Å². The second-order valence-electron chi connectivity index (χ2n) is 7.42. The van der Waals surface area contributed by atoms with Crippen LogP contribution in [-0.4, -0.2) is 34.0 Å². The highest BCUT2D eigenvalue weighted by Crippen LogP contribution is 2.52. The monoisotopic (exact) mass is 284 g/mol. The van der Waals surface area contributed by atoms with Crippen molar-refractivity contribution in [2.24, 2.45) is 11.3 Å². The minimum Gasteiger partial charge on any atom is -0.465 e. The van der Waals surface area contributed by atoms with Gasteiger partial charge in [0.25, 0.3) is 0 Å². The lowest BCUT2D eigenvalue weighted by Gasteiger charge is -2.34. The van der Waals surface area contributed by atoms with Gasteiger partial charge in [0.05, 0.1) is 23.2 Å². The van der Waals surface area contributed by atoms with E-state index in [4.69, 9.17) is 4.74 Å². The molecule has 0 saturated heterocycles. The van der Waals surface area contributed by atoms with Gasteiger partial charge in [-0.1, -0.05) is 6.92 Å². The Kier molecular flexibility index (Phi) is 4.18. The Labute approximate surface area is 121 Å². The van der Waals surface area contributed by atoms with Crippen molar-refractivity contribution in [3.63, 3.8) is 0 Å². The van der Waals surface area contributed by atoms with Gasteiger partial charge in [0.2, 0.25) is 0 Å². The van der Waals surface area contributed by atoms with Crippen LogP contribution in [0.5, 0.6) is 0 Å². The molecule has 0 aromatic carbocycles. The number of hydrogen-bond acceptors (Lipinski definition) is 4. The van der Waals surface area contributed by atoms with Crippen LogP contribution in [0.4, 0.5) is 0 Å². The van der Waals surface area contributed by atoms with E-state index >= 15 is 0 Å². The molecule has 2 aliphatic rings. The van der Waals surface area contributed by atoms with Crippen molar-refractivity contribution < 1.29 is 19.7 Å². The molecular weight excluding hydrogens is 256 g/mol. The van der Waals surface area contributed by atoms with Crippen molar-refractivity contribution in [2.75, 3.05) is 6.61 Å². The smallest absolute Gasteiger partial charge is 0.311 e. The standard InChI is InChI=1S/C16H28O4/c1-4-14(2,3)13(17)20-9-6-12-10-15(18)7-5-8-16(12,19)11-15/h12,18-19H,4-11H2,1-3H3. The predicted molar refractivity (Wildman–Crippen MR) is 76.1 cm³/mol. The Morgan fingerprint density at radius 3 is 2.65 bits per heavy atom. The summed E-state index contributed by atoms with van der Waals surface area (Å²) in [6.07, 6.45) is 4.94. The molecule has 0 spiro atoms. The number of carbonyl (C=O) groups is 1. The number of fused-ring (bicyclic) bond motifs is 2. The lowest BCUT2D eigenvalue weighted by molar-refractivity contribution is -0.155. The van der Waals surface area contributed by atoms with Crippen LogP contribution in [0.15, 0.2) is 0 Å². The third-order valence-electron chi connectivity index (χ3n) is 5.41. The molecule has 2 bridgehead atoms. The van der Waals surface area contributed by atoms with Gasteiger partial charge in [-0.05, 0) is 58.3 Å². The lowest BCUT2D eigenvalue weighted by Crippen LogP contribution is -2.39. The van der Waals surface area contributed by atoms with Crippen molar-refractivity contribution in [3.8, 4) is 0 Å². The normalized spacial score (nSPS) is 37.0. The minimum absolute atomic E-state index is 0.0486. The molecule has 0 aliphatic heterocycles. The molecule has 2 N–H and O–H groups in total. The summed E-state index contributed by atoms with van der Waals surface area (Å²) in [5, 5.41) is 21.0. The fourth-order valence-corrected chi connectivity index (χ4v) is 3.65. The largest absolute Gasteiger partial charge is 0.465 e. The zero-order valence-electron chi connectivity index (χ0n) is 12.9. The Bertz CT molecular complexity index is 379. The molecule has 2 saturated carbocycles. The molecule has 3 unspecified atom stereocenters. The number of hydrogen-bond donors (Lipinski definition) is 2. The minimum atomic E-state index is -0.750. The Hall–Kier alpha value is -0.610. The van der Waals surface area contributed by atoms with Gasteiger partial charge in [0.15, 0.2) is 0 Å². The van der Waals surface area contributed by atoms with Crippen LogP contribution in [0.3, 0.4) is 0 Å². The van der Waals surface area contributed by atoms with E-state index in [1.807, 2.05) is 20.8 Å². The van der Waals surface area contributed by atoms with Crippen LogP contribution in [0.2, 0.25) is 0 Å². The summed E-state index contributed by atoms with van der Waals surface area (Å²) in [7, 11) is 0. The molecule has 0 aromatic rings. The quantitative estimate of drug-likeness (QED) is 0.761. The summed E-state index contributed by atoms with van der Waals surface area (Å²) < 4.78 is 5.35. The van der Waals surface area contributed by atoms with Gasteiger partial charge in [-0.25, -0.2) is 0 Å². The zero-order valence-corrected chi connectivity index (χ0v) is 12.9. The molecule has 2 fully saturated rings. The SMILES string of the molecule is CCC(C)(C)C(=O)OCCC1CC2(O)CCCC1(O)C2. The van der Waals surface area contributed by atoms with Crippen LogP contribution in [0.25, 0.3) is 0 Å². The number of esters is 1. The van der Waals surface area contributed by atoms with Gasteiger partial charge in [-0.3, -0.25) is 4.79 Å². The van der Waals surface area contributed by atoms with Crippen LogP contribution in [-0.2, 0) is 9.53 Å². The average Bonchev–Trinajstić information content (AvgIpc) is 2.54. The third-order valence-corrected chi connectivity index (χ3v) is 5.41. The molecule has 20 heavy (non-hydrogen) atoms. The highest BCUT2D eigenvalue weighted by Gasteiger charge is 2.55. The molecule has 0 amide bonds. The van der Waals surface area contributed by atoms with Crippen LogP contribution < -0.4 is 0 Å². The number of ether oxygens (including phenoxy) is 1. The fourth-order valence-electron chi connectivity index (χ4n) is 3.65. The van der Waals surface area contributed by atoms with Crippen molar-refractivity contribution in [1.82, 2.24) is 0 Å². The molecule has 0 aromatic heterocycles. The van der Waals surface area contributed by atoms with Gasteiger partial charge in [0, 0.05) is 6.42 Å². The van der Waals surface area contributed by atoms with Gasteiger partial charge in [-0.2, -0.15) is 0 Å². The lowest BCUT2D eigenvalue weighted by atomic mass is 9.80. The van der Waals surface area contributed by atoms with Crippen molar-refractivity contribution >= 4 is 5.97 Å². The first-order valence-electron chi connectivity index (χ1n) is 7.83. The van der Waals surface area contributed by atoms with E-state index in [-0.39, 0.29) is 11.9 Å². The van der Waals surface area contributed by atoms with E-state index in [0.29, 0.717) is 25.9 Å². The molecular formula is C16H28O4. The topological polar surface area (TPSA) is 66.8 Å². The van der Waals surface area contributed by atoms with Gasteiger partial charge < -0.3 is 14.9 Å². The van der Waals surface area contributed by atoms with E-state index in [9.17, 15) is 15.0 Å². The average molecular weight is 284 g/mol. The molecule has 3 atom stereocenters. The summed E-state index contributed by atoms with van der Waals surface area (Å²) in [6, 6.07) is 0. The summed E-state index contributed by atoms with van der Waals surface area (Å²) in [5.41, 5.74) is -1.88. The first-order chi connectivity index (χ1) is 9.21. The van der Waals surface area contributed by atoms with E-state index in [2.05, 4.69) is 0 Å². The highest BCUT2D eigenvalue weighted by atomic mass is 16.5. The molecule has 4 nitrogen and oxygen atoms in total. The maximum absolute atomic E-state index is 11.9. The van der Waals surface area contributed by atoms with Gasteiger partial charge in [0.1, 0.15) is 0 Å². The Balaban J connectivity index is 1.85. The zero-order chi connectivity index (χ0) is 15.0. The number of rotatable bonds is 5. The molecule has 0 radical (unpaired) electrons. The highest BCUT2D eigenvalue weighted by molar-refractivity contribution is 5.75. The summed E-state index contributed by atoms with van der Waals surface area (Å²) in [6.45, 7) is 6.08. The van der Waals surface area contributed by atoms with Crippen molar-refractivity contribution in [3.05, 3.63) is 0 Å². The van der Waals surface area contributed by atoms with Crippen LogP contribution in [0, 0.1) is 11.3 Å². The molecule has 2 rings (SSSR count). The van der Waals surface area contributed by atoms with Gasteiger partial charge >= 0.3 is 5.97 Å². The summed E-state index contributed by atoms with van der Waals surface area (Å²) >= 11 is 0. The third kappa shape index (κ3) is 3.01. The predicted octanol–water partition coefficient (Wildman–Crippen LogP) is 2.41. The summed E-state index contributed by atoms with van der Waals surface area (Å²) in [4.78, 5) is 11.9. The first kappa shape index (κ1) is 15.8. The van der Waals surface area contributed by atoms with Crippen LogP contribution >= 0.6 is 0 Å².